The third-order valence-corrected chi connectivity index (χ3v) is 4.24. The van der Waals surface area contributed by atoms with Crippen LogP contribution in [0.25, 0.3) is 6.08 Å². The number of carbonyl (C=O) groups excluding carboxylic acids is 1. The maximum Gasteiger partial charge on any atom is 0.248 e. The molecule has 1 amide bonds. The molecule has 3 nitrogen and oxygen atoms in total. The lowest BCUT2D eigenvalue weighted by atomic mass is 10.2. The van der Waals surface area contributed by atoms with Crippen LogP contribution in [0.2, 0.25) is 5.02 Å². The van der Waals surface area contributed by atoms with Gasteiger partial charge >= 0.3 is 0 Å². The second-order valence-corrected chi connectivity index (χ2v) is 6.56. The van der Waals surface area contributed by atoms with Gasteiger partial charge in [0.25, 0.3) is 0 Å². The molecule has 0 aliphatic rings. The summed E-state index contributed by atoms with van der Waals surface area (Å²) in [6.07, 6.45) is 3.27. The highest BCUT2D eigenvalue weighted by Crippen LogP contribution is 2.20. The van der Waals surface area contributed by atoms with Crippen LogP contribution in [-0.4, -0.2) is 5.91 Å². The van der Waals surface area contributed by atoms with Crippen molar-refractivity contribution in [3.05, 3.63) is 101 Å². The molecule has 0 bridgehead atoms. The Labute approximate surface area is 164 Å². The Morgan fingerprint density at radius 2 is 1.78 bits per heavy atom. The van der Waals surface area contributed by atoms with Gasteiger partial charge in [-0.15, -0.1) is 0 Å². The van der Waals surface area contributed by atoms with E-state index in [-0.39, 0.29) is 5.91 Å². The molecular weight excluding hydrogens is 358 g/mol. The van der Waals surface area contributed by atoms with Crippen molar-refractivity contribution >= 4 is 29.3 Å². The maximum absolute atomic E-state index is 12.1. The van der Waals surface area contributed by atoms with Gasteiger partial charge in [0.15, 0.2) is 0 Å². The van der Waals surface area contributed by atoms with Crippen molar-refractivity contribution in [2.24, 2.45) is 0 Å². The molecule has 0 saturated carbocycles. The summed E-state index contributed by atoms with van der Waals surface area (Å²) in [4.78, 5) is 12.1. The Morgan fingerprint density at radius 1 is 1.04 bits per heavy atom. The molecule has 0 aromatic heterocycles. The molecule has 1 N–H and O–H groups in total. The van der Waals surface area contributed by atoms with E-state index < -0.39 is 0 Å². The van der Waals surface area contributed by atoms with Gasteiger partial charge in [-0.2, -0.15) is 0 Å². The molecule has 0 atom stereocenters. The summed E-state index contributed by atoms with van der Waals surface area (Å²) in [6, 6.07) is 23.0. The first-order valence-corrected chi connectivity index (χ1v) is 9.00. The minimum absolute atomic E-state index is 0.190. The van der Waals surface area contributed by atoms with E-state index in [9.17, 15) is 4.79 Å². The molecule has 136 valence electrons. The summed E-state index contributed by atoms with van der Waals surface area (Å²) in [5.74, 6) is 0.599. The number of halogens is 1. The monoisotopic (exact) mass is 377 g/mol. The van der Waals surface area contributed by atoms with E-state index in [0.717, 1.165) is 28.1 Å². The van der Waals surface area contributed by atoms with Crippen LogP contribution in [0.4, 0.5) is 5.69 Å². The average molecular weight is 378 g/mol. The molecule has 4 heteroatoms. The third kappa shape index (κ3) is 5.73. The third-order valence-electron chi connectivity index (χ3n) is 4.00. The first kappa shape index (κ1) is 18.7. The van der Waals surface area contributed by atoms with Crippen molar-refractivity contribution in [2.75, 3.05) is 5.32 Å². The van der Waals surface area contributed by atoms with E-state index in [1.54, 1.807) is 18.2 Å². The Balaban J connectivity index is 1.54. The first-order valence-electron chi connectivity index (χ1n) is 8.62. The van der Waals surface area contributed by atoms with Gasteiger partial charge in [0.2, 0.25) is 5.91 Å². The molecule has 0 unspecified atom stereocenters. The summed E-state index contributed by atoms with van der Waals surface area (Å²) < 4.78 is 5.76. The van der Waals surface area contributed by atoms with Gasteiger partial charge in [-0.25, -0.2) is 0 Å². The predicted molar refractivity (Wildman–Crippen MR) is 111 cm³/mol. The van der Waals surface area contributed by atoms with Gasteiger partial charge in [0.1, 0.15) is 12.4 Å². The van der Waals surface area contributed by atoms with Gasteiger partial charge in [-0.3, -0.25) is 4.79 Å². The molecule has 27 heavy (non-hydrogen) atoms. The van der Waals surface area contributed by atoms with Crippen molar-refractivity contribution in [1.29, 1.82) is 0 Å². The lowest BCUT2D eigenvalue weighted by Crippen LogP contribution is -2.08. The highest BCUT2D eigenvalue weighted by molar-refractivity contribution is 6.30. The van der Waals surface area contributed by atoms with Crippen LogP contribution in [-0.2, 0) is 11.4 Å². The topological polar surface area (TPSA) is 38.3 Å². The van der Waals surface area contributed by atoms with Gasteiger partial charge in [-0.05, 0) is 60.0 Å². The van der Waals surface area contributed by atoms with Crippen molar-refractivity contribution in [1.82, 2.24) is 0 Å². The number of rotatable bonds is 6. The number of ether oxygens (including phenoxy) is 1. The predicted octanol–water partition coefficient (Wildman–Crippen LogP) is 5.88. The fourth-order valence-corrected chi connectivity index (χ4v) is 2.76. The molecule has 3 aromatic carbocycles. The average Bonchev–Trinajstić information content (AvgIpc) is 2.68. The normalized spacial score (nSPS) is 10.7. The summed E-state index contributed by atoms with van der Waals surface area (Å²) >= 11 is 5.93. The smallest absolute Gasteiger partial charge is 0.248 e. The zero-order valence-electron chi connectivity index (χ0n) is 15.0. The number of hydrogen-bond acceptors (Lipinski definition) is 2. The van der Waals surface area contributed by atoms with Gasteiger partial charge < -0.3 is 10.1 Å². The molecule has 0 aliphatic heterocycles. The van der Waals surface area contributed by atoms with E-state index >= 15 is 0 Å². The van der Waals surface area contributed by atoms with Crippen LogP contribution in [0.1, 0.15) is 16.7 Å². The molecule has 0 spiro atoms. The zero-order chi connectivity index (χ0) is 19.1. The Morgan fingerprint density at radius 3 is 2.48 bits per heavy atom. The molecule has 0 heterocycles. The molecular formula is C23H20ClNO2. The number of hydrogen-bond donors (Lipinski definition) is 1. The van der Waals surface area contributed by atoms with Crippen molar-refractivity contribution in [3.8, 4) is 5.75 Å². The van der Waals surface area contributed by atoms with E-state index in [1.165, 1.54) is 6.08 Å². The van der Waals surface area contributed by atoms with E-state index in [2.05, 4.69) is 5.32 Å². The fourth-order valence-electron chi connectivity index (χ4n) is 2.53. The second kappa shape index (κ2) is 9.06. The van der Waals surface area contributed by atoms with Crippen LogP contribution in [0.5, 0.6) is 5.75 Å². The fraction of sp³-hybridized carbons (Fsp3) is 0.0870. The number of amides is 1. The lowest BCUT2D eigenvalue weighted by Gasteiger charge is -2.07. The van der Waals surface area contributed by atoms with Crippen molar-refractivity contribution in [2.45, 2.75) is 13.5 Å². The van der Waals surface area contributed by atoms with Crippen LogP contribution >= 0.6 is 11.6 Å². The summed E-state index contributed by atoms with van der Waals surface area (Å²) in [5.41, 5.74) is 3.71. The number of nitrogens with one attached hydrogen (secondary N) is 1. The van der Waals surface area contributed by atoms with Gasteiger partial charge in [0, 0.05) is 16.8 Å². The van der Waals surface area contributed by atoms with Gasteiger partial charge in [-0.1, -0.05) is 54.1 Å². The van der Waals surface area contributed by atoms with Crippen LogP contribution in [0.15, 0.2) is 78.9 Å². The van der Waals surface area contributed by atoms with Crippen molar-refractivity contribution in [3.63, 3.8) is 0 Å². The standard InChI is InChI=1S/C23H20ClNO2/c1-17-15-20(24)10-13-22(17)25-23(26)14-9-18-7-11-21(12-8-18)27-16-19-5-3-2-4-6-19/h2-15H,16H2,1H3,(H,25,26)/b14-9+. The first-order chi connectivity index (χ1) is 13.1. The Bertz CT molecular complexity index is 934. The molecule has 3 rings (SSSR count). The Kier molecular flexibility index (Phi) is 6.29. The van der Waals surface area contributed by atoms with Crippen molar-refractivity contribution < 1.29 is 9.53 Å². The molecule has 0 radical (unpaired) electrons. The minimum Gasteiger partial charge on any atom is -0.489 e. The molecule has 0 aliphatic carbocycles. The molecule has 0 fully saturated rings. The SMILES string of the molecule is Cc1cc(Cl)ccc1NC(=O)/C=C/c1ccc(OCc2ccccc2)cc1. The summed E-state index contributed by atoms with van der Waals surface area (Å²) in [7, 11) is 0. The quantitative estimate of drug-likeness (QED) is 0.545. The van der Waals surface area contributed by atoms with E-state index in [0.29, 0.717) is 11.6 Å². The molecule has 0 saturated heterocycles. The number of anilines is 1. The second-order valence-electron chi connectivity index (χ2n) is 6.13. The highest BCUT2D eigenvalue weighted by Gasteiger charge is 2.02. The van der Waals surface area contributed by atoms with Gasteiger partial charge in [0.05, 0.1) is 0 Å². The maximum atomic E-state index is 12.1. The zero-order valence-corrected chi connectivity index (χ0v) is 15.7. The highest BCUT2D eigenvalue weighted by atomic mass is 35.5. The number of carbonyl (C=O) groups is 1. The minimum atomic E-state index is -0.190. The van der Waals surface area contributed by atoms with E-state index in [4.69, 9.17) is 16.3 Å². The number of aryl methyl sites for hydroxylation is 1. The largest absolute Gasteiger partial charge is 0.489 e. The van der Waals surface area contributed by atoms with Crippen LogP contribution < -0.4 is 10.1 Å². The van der Waals surface area contributed by atoms with Crippen LogP contribution in [0, 0.1) is 6.92 Å². The Hall–Kier alpha value is -3.04. The summed E-state index contributed by atoms with van der Waals surface area (Å²) in [6.45, 7) is 2.43. The molecule has 3 aromatic rings. The van der Waals surface area contributed by atoms with Crippen LogP contribution in [0.3, 0.4) is 0 Å². The number of benzene rings is 3. The summed E-state index contributed by atoms with van der Waals surface area (Å²) in [5, 5.41) is 3.50. The van der Waals surface area contributed by atoms with E-state index in [1.807, 2.05) is 67.6 Å². The lowest BCUT2D eigenvalue weighted by molar-refractivity contribution is -0.111.